The molecule has 2 aromatic rings. The molecule has 0 fully saturated rings. The first-order valence-corrected chi connectivity index (χ1v) is 8.42. The van der Waals surface area contributed by atoms with Gasteiger partial charge in [-0.1, -0.05) is 29.8 Å². The Morgan fingerprint density at radius 1 is 1.26 bits per heavy atom. The molecule has 1 aromatic heterocycles. The van der Waals surface area contributed by atoms with Gasteiger partial charge in [0.05, 0.1) is 16.4 Å². The van der Waals surface area contributed by atoms with Crippen molar-refractivity contribution in [1.82, 2.24) is 0 Å². The minimum absolute atomic E-state index is 0.0468. The number of aryl methyl sites for hydroxylation is 1. The first-order chi connectivity index (χ1) is 9.06. The first kappa shape index (κ1) is 14.4. The molecule has 2 rings (SSSR count). The molecule has 1 aromatic carbocycles. The highest BCUT2D eigenvalue weighted by Gasteiger charge is 2.13. The maximum Gasteiger partial charge on any atom is 0.185 e. The van der Waals surface area contributed by atoms with E-state index in [-0.39, 0.29) is 11.5 Å². The van der Waals surface area contributed by atoms with Gasteiger partial charge in [-0.15, -0.1) is 11.3 Å². The molecule has 5 heteroatoms. The first-order valence-electron chi connectivity index (χ1n) is 5.74. The lowest BCUT2D eigenvalue weighted by Gasteiger charge is -2.03. The summed E-state index contributed by atoms with van der Waals surface area (Å²) in [4.78, 5) is 13.7. The number of ketones is 1. The molecular weight excluding hydrogens is 300 g/mol. The van der Waals surface area contributed by atoms with Gasteiger partial charge in [-0.2, -0.15) is 0 Å². The molecule has 19 heavy (non-hydrogen) atoms. The molecule has 0 aliphatic carbocycles. The molecule has 100 valence electrons. The maximum absolute atomic E-state index is 12.0. The third kappa shape index (κ3) is 4.00. The second-order valence-corrected chi connectivity index (χ2v) is 7.31. The second-order valence-electron chi connectivity index (χ2n) is 4.15. The molecule has 0 N–H and O–H groups in total. The SMILES string of the molecule is Cc1ccc(C(=O)CS(=O)Cc2ccccc2Cl)s1. The minimum Gasteiger partial charge on any atom is -0.292 e. The Morgan fingerprint density at radius 3 is 2.63 bits per heavy atom. The molecule has 0 saturated heterocycles. The van der Waals surface area contributed by atoms with E-state index in [1.54, 1.807) is 12.1 Å². The van der Waals surface area contributed by atoms with Gasteiger partial charge >= 0.3 is 0 Å². The lowest BCUT2D eigenvalue weighted by atomic mass is 10.2. The summed E-state index contributed by atoms with van der Waals surface area (Å²) in [6, 6.07) is 11.0. The fraction of sp³-hybridized carbons (Fsp3) is 0.214. The van der Waals surface area contributed by atoms with Gasteiger partial charge in [-0.05, 0) is 30.7 Å². The molecular formula is C14H13ClO2S2. The smallest absolute Gasteiger partial charge is 0.185 e. The summed E-state index contributed by atoms with van der Waals surface area (Å²) in [6.07, 6.45) is 0. The molecule has 1 heterocycles. The van der Waals surface area contributed by atoms with Crippen LogP contribution in [0.4, 0.5) is 0 Å². The van der Waals surface area contributed by atoms with Crippen molar-refractivity contribution < 1.29 is 9.00 Å². The van der Waals surface area contributed by atoms with Gasteiger partial charge in [0.2, 0.25) is 0 Å². The lowest BCUT2D eigenvalue weighted by molar-refractivity contribution is 0.102. The number of benzene rings is 1. The average Bonchev–Trinajstić information content (AvgIpc) is 2.79. The van der Waals surface area contributed by atoms with Crippen molar-refractivity contribution in [2.45, 2.75) is 12.7 Å². The summed E-state index contributed by atoms with van der Waals surface area (Å²) in [6.45, 7) is 1.95. The number of rotatable bonds is 5. The normalized spacial score (nSPS) is 12.3. The van der Waals surface area contributed by atoms with E-state index < -0.39 is 10.8 Å². The fourth-order valence-corrected chi connectivity index (χ4v) is 3.97. The van der Waals surface area contributed by atoms with E-state index in [1.165, 1.54) is 11.3 Å². The summed E-state index contributed by atoms with van der Waals surface area (Å²) < 4.78 is 12.0. The topological polar surface area (TPSA) is 34.1 Å². The van der Waals surface area contributed by atoms with Crippen LogP contribution in [0.2, 0.25) is 5.02 Å². The molecule has 0 amide bonds. The van der Waals surface area contributed by atoms with E-state index in [1.807, 2.05) is 31.2 Å². The van der Waals surface area contributed by atoms with Crippen molar-refractivity contribution in [2.24, 2.45) is 0 Å². The van der Waals surface area contributed by atoms with Crippen molar-refractivity contribution in [3.63, 3.8) is 0 Å². The molecule has 1 atom stereocenters. The molecule has 0 spiro atoms. The molecule has 0 saturated carbocycles. The second kappa shape index (κ2) is 6.46. The van der Waals surface area contributed by atoms with Gasteiger partial charge in [0.1, 0.15) is 0 Å². The number of Topliss-reactive ketones (excluding diaryl/α,β-unsaturated/α-hetero) is 1. The molecule has 0 aliphatic heterocycles. The molecule has 1 unspecified atom stereocenters. The van der Waals surface area contributed by atoms with E-state index in [9.17, 15) is 9.00 Å². The van der Waals surface area contributed by atoms with Crippen LogP contribution in [-0.2, 0) is 16.6 Å². The van der Waals surface area contributed by atoms with Gasteiger partial charge in [0.25, 0.3) is 0 Å². The Balaban J connectivity index is 1.99. The van der Waals surface area contributed by atoms with Gasteiger partial charge in [0.15, 0.2) is 5.78 Å². The Kier molecular flexibility index (Phi) is 4.91. The van der Waals surface area contributed by atoms with Gasteiger partial charge in [0, 0.05) is 20.7 Å². The van der Waals surface area contributed by atoms with Crippen LogP contribution >= 0.6 is 22.9 Å². The third-order valence-electron chi connectivity index (χ3n) is 2.58. The Bertz CT molecular complexity index is 619. The Labute approximate surface area is 123 Å². The van der Waals surface area contributed by atoms with Gasteiger partial charge in [-0.25, -0.2) is 0 Å². The van der Waals surface area contributed by atoms with Crippen molar-refractivity contribution in [1.29, 1.82) is 0 Å². The number of hydrogen-bond donors (Lipinski definition) is 0. The van der Waals surface area contributed by atoms with Crippen molar-refractivity contribution >= 4 is 39.5 Å². The van der Waals surface area contributed by atoms with Crippen LogP contribution in [0.3, 0.4) is 0 Å². The van der Waals surface area contributed by atoms with Crippen LogP contribution in [-0.4, -0.2) is 15.7 Å². The van der Waals surface area contributed by atoms with E-state index in [0.717, 1.165) is 10.4 Å². The maximum atomic E-state index is 12.0. The highest BCUT2D eigenvalue weighted by Crippen LogP contribution is 2.19. The van der Waals surface area contributed by atoms with Gasteiger partial charge < -0.3 is 0 Å². The monoisotopic (exact) mass is 312 g/mol. The predicted octanol–water partition coefficient (Wildman–Crippen LogP) is 3.84. The van der Waals surface area contributed by atoms with Crippen molar-refractivity contribution in [2.75, 3.05) is 5.75 Å². The molecule has 0 aliphatic rings. The highest BCUT2D eigenvalue weighted by atomic mass is 35.5. The van der Waals surface area contributed by atoms with Crippen molar-refractivity contribution in [3.8, 4) is 0 Å². The number of halogens is 1. The molecule has 0 bridgehead atoms. The van der Waals surface area contributed by atoms with E-state index >= 15 is 0 Å². The van der Waals surface area contributed by atoms with Crippen LogP contribution in [0.5, 0.6) is 0 Å². The Hall–Kier alpha value is -0.970. The van der Waals surface area contributed by atoms with Gasteiger partial charge in [-0.3, -0.25) is 9.00 Å². The average molecular weight is 313 g/mol. The number of carbonyl (C=O) groups is 1. The number of carbonyl (C=O) groups excluding carboxylic acids is 1. The quantitative estimate of drug-likeness (QED) is 0.786. The summed E-state index contributed by atoms with van der Waals surface area (Å²) >= 11 is 7.45. The zero-order valence-electron chi connectivity index (χ0n) is 10.4. The Morgan fingerprint density at radius 2 is 2.00 bits per heavy atom. The summed E-state index contributed by atoms with van der Waals surface area (Å²) in [5, 5.41) is 0.593. The summed E-state index contributed by atoms with van der Waals surface area (Å²) in [7, 11) is -1.23. The van der Waals surface area contributed by atoms with Crippen LogP contribution in [0.15, 0.2) is 36.4 Å². The van der Waals surface area contributed by atoms with Crippen LogP contribution < -0.4 is 0 Å². The minimum atomic E-state index is -1.23. The molecule has 0 radical (unpaired) electrons. The zero-order chi connectivity index (χ0) is 13.8. The third-order valence-corrected chi connectivity index (χ3v) is 5.21. The highest BCUT2D eigenvalue weighted by molar-refractivity contribution is 7.85. The van der Waals surface area contributed by atoms with Crippen molar-refractivity contribution in [3.05, 3.63) is 56.7 Å². The predicted molar refractivity (Wildman–Crippen MR) is 81.6 cm³/mol. The van der Waals surface area contributed by atoms with Crippen LogP contribution in [0.1, 0.15) is 20.1 Å². The van der Waals surface area contributed by atoms with Crippen LogP contribution in [0.25, 0.3) is 0 Å². The standard InChI is InChI=1S/C14H13ClO2S2/c1-10-6-7-14(18-10)13(16)9-19(17)8-11-4-2-3-5-12(11)15/h2-7H,8-9H2,1H3. The summed E-state index contributed by atoms with van der Waals surface area (Å²) in [5.74, 6) is 0.296. The zero-order valence-corrected chi connectivity index (χ0v) is 12.8. The van der Waals surface area contributed by atoms with E-state index in [4.69, 9.17) is 11.6 Å². The number of thiophene rings is 1. The lowest BCUT2D eigenvalue weighted by Crippen LogP contribution is -2.11. The van der Waals surface area contributed by atoms with E-state index in [0.29, 0.717) is 15.7 Å². The largest absolute Gasteiger partial charge is 0.292 e. The summed E-state index contributed by atoms with van der Waals surface area (Å²) in [5.41, 5.74) is 0.817. The fourth-order valence-electron chi connectivity index (χ4n) is 1.64. The molecule has 2 nitrogen and oxygen atoms in total. The van der Waals surface area contributed by atoms with Crippen LogP contribution in [0, 0.1) is 6.92 Å². The van der Waals surface area contributed by atoms with E-state index in [2.05, 4.69) is 0 Å². The number of hydrogen-bond acceptors (Lipinski definition) is 3.